The van der Waals surface area contributed by atoms with Crippen LogP contribution in [-0.4, -0.2) is 50.2 Å². The van der Waals surface area contributed by atoms with E-state index in [0.717, 1.165) is 47.5 Å². The third-order valence-electron chi connectivity index (χ3n) is 6.25. The van der Waals surface area contributed by atoms with Crippen LogP contribution in [0.3, 0.4) is 0 Å². The predicted molar refractivity (Wildman–Crippen MR) is 143 cm³/mol. The van der Waals surface area contributed by atoms with Gasteiger partial charge in [0.25, 0.3) is 0 Å². The van der Waals surface area contributed by atoms with Gasteiger partial charge in [-0.15, -0.1) is 0 Å². The van der Waals surface area contributed by atoms with Gasteiger partial charge in [-0.2, -0.15) is 0 Å². The molecule has 0 bridgehead atoms. The van der Waals surface area contributed by atoms with E-state index in [9.17, 15) is 9.59 Å². The third-order valence-corrected chi connectivity index (χ3v) is 6.25. The number of hydrogen-bond donors (Lipinski definition) is 0. The fourth-order valence-electron chi connectivity index (χ4n) is 4.23. The Balaban J connectivity index is 1.37. The van der Waals surface area contributed by atoms with Crippen LogP contribution in [0.15, 0.2) is 78.6 Å². The smallest absolute Gasteiger partial charge is 0.494 e. The Kier molecular flexibility index (Phi) is 8.51. The summed E-state index contributed by atoms with van der Waals surface area (Å²) in [7, 11) is 0.590. The first-order chi connectivity index (χ1) is 17.8. The number of hydrogen-bond acceptors (Lipinski definition) is 7. The third kappa shape index (κ3) is 7.14. The molecular formula is C29H32BNO6. The zero-order valence-corrected chi connectivity index (χ0v) is 21.6. The van der Waals surface area contributed by atoms with Gasteiger partial charge in [0, 0.05) is 11.9 Å². The Morgan fingerprint density at radius 3 is 2.30 bits per heavy atom. The summed E-state index contributed by atoms with van der Waals surface area (Å²) >= 11 is 0. The standard InChI is InChI=1S/C29H32BNO6/c1-20-12-15-24(10-5-6-11-26(20)35-29-21(2)8-7-9-22(29)3)34-25-16-13-23(14-17-25)30-36-27(32)18-31(4)19-28(33)37-30/h5-9,11,13-14,16-17,24H,1,10,12,15,18-19H2,2-4H3/b6-5-,26-11?/t24-/m0/s1. The van der Waals surface area contributed by atoms with Crippen LogP contribution in [0.25, 0.3) is 0 Å². The normalized spacial score (nSPS) is 20.3. The highest BCUT2D eigenvalue weighted by Crippen LogP contribution is 2.29. The summed E-state index contributed by atoms with van der Waals surface area (Å²) in [5.41, 5.74) is 3.65. The summed E-state index contributed by atoms with van der Waals surface area (Å²) < 4.78 is 23.2. The fourth-order valence-corrected chi connectivity index (χ4v) is 4.23. The molecule has 0 saturated carbocycles. The summed E-state index contributed by atoms with van der Waals surface area (Å²) in [6.45, 7) is 8.39. The quantitative estimate of drug-likeness (QED) is 0.573. The lowest BCUT2D eigenvalue weighted by Gasteiger charge is -2.23. The fraction of sp³-hybridized carbons (Fsp3) is 0.310. The summed E-state index contributed by atoms with van der Waals surface area (Å²) in [4.78, 5) is 25.6. The molecule has 1 aliphatic heterocycles. The first-order valence-electron chi connectivity index (χ1n) is 12.4. The van der Waals surface area contributed by atoms with Gasteiger partial charge in [-0.1, -0.05) is 49.1 Å². The summed E-state index contributed by atoms with van der Waals surface area (Å²) in [5.74, 6) is 1.39. The monoisotopic (exact) mass is 501 g/mol. The van der Waals surface area contributed by atoms with E-state index in [1.807, 2.05) is 44.2 Å². The molecule has 0 radical (unpaired) electrons. The van der Waals surface area contributed by atoms with E-state index < -0.39 is 19.1 Å². The number of benzene rings is 2. The van der Waals surface area contributed by atoms with Crippen molar-refractivity contribution in [3.05, 3.63) is 89.7 Å². The Bertz CT molecular complexity index is 1180. The van der Waals surface area contributed by atoms with E-state index in [1.165, 1.54) is 0 Å². The van der Waals surface area contributed by atoms with Gasteiger partial charge in [-0.05, 0) is 68.6 Å². The number of carbonyl (C=O) groups excluding carboxylic acids is 2. The number of aryl methyl sites for hydroxylation is 2. The van der Waals surface area contributed by atoms with Crippen LogP contribution in [0.2, 0.25) is 0 Å². The molecule has 2 aromatic carbocycles. The van der Waals surface area contributed by atoms with Crippen LogP contribution < -0.4 is 14.9 Å². The maximum absolute atomic E-state index is 12.0. The van der Waals surface area contributed by atoms with Crippen molar-refractivity contribution in [1.29, 1.82) is 0 Å². The second kappa shape index (κ2) is 12.0. The van der Waals surface area contributed by atoms with Gasteiger partial charge >= 0.3 is 19.1 Å². The maximum Gasteiger partial charge on any atom is 0.636 e. The molecule has 0 aromatic heterocycles. The number of rotatable bonds is 5. The topological polar surface area (TPSA) is 74.3 Å². The number of likely N-dealkylation sites (N-methyl/N-ethyl adjacent to an activating group) is 1. The number of carbonyl (C=O) groups is 2. The van der Waals surface area contributed by atoms with Gasteiger partial charge in [-0.25, -0.2) is 0 Å². The molecule has 37 heavy (non-hydrogen) atoms. The molecular weight excluding hydrogens is 469 g/mol. The lowest BCUT2D eigenvalue weighted by molar-refractivity contribution is -0.145. The average molecular weight is 501 g/mol. The van der Waals surface area contributed by atoms with Gasteiger partial charge in [0.1, 0.15) is 23.4 Å². The van der Waals surface area contributed by atoms with E-state index in [0.29, 0.717) is 11.2 Å². The summed E-state index contributed by atoms with van der Waals surface area (Å²) in [5, 5.41) is 0. The zero-order chi connectivity index (χ0) is 26.4. The predicted octanol–water partition coefficient (Wildman–Crippen LogP) is 4.04. The number of ether oxygens (including phenoxy) is 2. The molecule has 192 valence electrons. The van der Waals surface area contributed by atoms with Crippen molar-refractivity contribution in [3.63, 3.8) is 0 Å². The van der Waals surface area contributed by atoms with Crippen molar-refractivity contribution < 1.29 is 28.4 Å². The van der Waals surface area contributed by atoms with E-state index >= 15 is 0 Å². The van der Waals surface area contributed by atoms with E-state index in [4.69, 9.17) is 18.8 Å². The van der Waals surface area contributed by atoms with Crippen LogP contribution in [0.4, 0.5) is 0 Å². The second-order valence-corrected chi connectivity index (χ2v) is 9.45. The van der Waals surface area contributed by atoms with Gasteiger partial charge in [-0.3, -0.25) is 14.5 Å². The molecule has 2 aromatic rings. The summed E-state index contributed by atoms with van der Waals surface area (Å²) in [6, 6.07) is 13.2. The Morgan fingerprint density at radius 2 is 1.65 bits per heavy atom. The second-order valence-electron chi connectivity index (χ2n) is 9.45. The minimum atomic E-state index is -1.07. The van der Waals surface area contributed by atoms with Gasteiger partial charge in [0.15, 0.2) is 0 Å². The lowest BCUT2D eigenvalue weighted by atomic mass is 9.78. The minimum absolute atomic E-state index is 0.0272. The molecule has 1 saturated heterocycles. The van der Waals surface area contributed by atoms with Crippen molar-refractivity contribution in [2.24, 2.45) is 0 Å². The molecule has 0 spiro atoms. The average Bonchev–Trinajstić information content (AvgIpc) is 2.92. The number of allylic oxidation sites excluding steroid dienone is 3. The molecule has 1 atom stereocenters. The largest absolute Gasteiger partial charge is 0.636 e. The first kappa shape index (κ1) is 26.3. The van der Waals surface area contributed by atoms with Gasteiger partial charge in [0.05, 0.1) is 13.1 Å². The first-order valence-corrected chi connectivity index (χ1v) is 12.4. The van der Waals surface area contributed by atoms with Gasteiger partial charge in [0.2, 0.25) is 0 Å². The Labute approximate surface area is 218 Å². The maximum atomic E-state index is 12.0. The molecule has 1 fully saturated rings. The highest BCUT2D eigenvalue weighted by Gasteiger charge is 2.33. The minimum Gasteiger partial charge on any atom is -0.494 e. The van der Waals surface area contributed by atoms with Gasteiger partial charge < -0.3 is 18.8 Å². The van der Waals surface area contributed by atoms with Crippen LogP contribution in [-0.2, 0) is 18.9 Å². The van der Waals surface area contributed by atoms with E-state index in [1.54, 1.807) is 36.2 Å². The molecule has 8 heteroatoms. The Hall–Kier alpha value is -3.78. The van der Waals surface area contributed by atoms with Crippen LogP contribution >= 0.6 is 0 Å². The highest BCUT2D eigenvalue weighted by molar-refractivity contribution is 6.64. The molecule has 0 amide bonds. The van der Waals surface area contributed by atoms with Crippen molar-refractivity contribution in [2.75, 3.05) is 20.1 Å². The van der Waals surface area contributed by atoms with Crippen LogP contribution in [0.5, 0.6) is 11.5 Å². The van der Waals surface area contributed by atoms with Crippen molar-refractivity contribution in [2.45, 2.75) is 39.2 Å². The molecule has 2 aliphatic rings. The SMILES string of the molecule is C=C1CC[C@@H](Oc2ccc(B3OC(=O)CN(C)CC(=O)O3)cc2)C/C=C\C=C1Oc1c(C)cccc1C. The van der Waals surface area contributed by atoms with Crippen LogP contribution in [0, 0.1) is 13.8 Å². The highest BCUT2D eigenvalue weighted by atomic mass is 16.6. The molecule has 0 unspecified atom stereocenters. The summed E-state index contributed by atoms with van der Waals surface area (Å²) in [6.07, 6.45) is 8.17. The van der Waals surface area contributed by atoms with E-state index in [2.05, 4.69) is 12.7 Å². The van der Waals surface area contributed by atoms with Crippen molar-refractivity contribution >= 4 is 24.5 Å². The molecule has 1 aliphatic carbocycles. The molecule has 1 heterocycles. The lowest BCUT2D eigenvalue weighted by Crippen LogP contribution is -2.47. The molecule has 0 N–H and O–H groups in total. The number of nitrogens with zero attached hydrogens (tertiary/aromatic N) is 1. The van der Waals surface area contributed by atoms with E-state index in [-0.39, 0.29) is 19.2 Å². The van der Waals surface area contributed by atoms with Crippen molar-refractivity contribution in [3.8, 4) is 11.5 Å². The molecule has 7 nitrogen and oxygen atoms in total. The van der Waals surface area contributed by atoms with Crippen LogP contribution in [0.1, 0.15) is 30.4 Å². The number of para-hydroxylation sites is 1. The Morgan fingerprint density at radius 1 is 1.00 bits per heavy atom. The zero-order valence-electron chi connectivity index (χ0n) is 21.6. The molecule has 4 rings (SSSR count). The van der Waals surface area contributed by atoms with Crippen molar-refractivity contribution in [1.82, 2.24) is 4.90 Å².